The van der Waals surface area contributed by atoms with Gasteiger partial charge >= 0.3 is 11.9 Å². The van der Waals surface area contributed by atoms with Crippen LogP contribution < -0.4 is 4.74 Å². The molecule has 1 N–H and O–H groups in total. The van der Waals surface area contributed by atoms with Crippen LogP contribution in [-0.2, 0) is 23.7 Å². The molecule has 2 aromatic carbocycles. The van der Waals surface area contributed by atoms with E-state index in [1.54, 1.807) is 43.3 Å². The van der Waals surface area contributed by atoms with Crippen LogP contribution in [-0.4, -0.2) is 61.2 Å². The Balaban J connectivity index is 1.73. The van der Waals surface area contributed by atoms with E-state index in [4.69, 9.17) is 28.4 Å². The summed E-state index contributed by atoms with van der Waals surface area (Å²) in [7, 11) is 1.46. The van der Waals surface area contributed by atoms with Gasteiger partial charge in [0, 0.05) is 19.1 Å². The third kappa shape index (κ3) is 7.10. The van der Waals surface area contributed by atoms with E-state index < -0.39 is 42.1 Å². The zero-order chi connectivity index (χ0) is 28.9. The predicted molar refractivity (Wildman–Crippen MR) is 147 cm³/mol. The first-order valence-corrected chi connectivity index (χ1v) is 13.2. The van der Waals surface area contributed by atoms with Gasteiger partial charge in [-0.2, -0.15) is 0 Å². The number of cyclic esters (lactones) is 1. The van der Waals surface area contributed by atoms with Gasteiger partial charge in [0.05, 0.1) is 11.7 Å². The van der Waals surface area contributed by atoms with E-state index in [9.17, 15) is 14.7 Å². The number of rotatable bonds is 5. The third-order valence-corrected chi connectivity index (χ3v) is 6.76. The molecule has 9 heteroatoms. The molecule has 1 saturated heterocycles. The van der Waals surface area contributed by atoms with Crippen molar-refractivity contribution in [3.8, 4) is 11.5 Å². The van der Waals surface area contributed by atoms with Crippen LogP contribution in [0.4, 0.5) is 0 Å². The first-order valence-electron chi connectivity index (χ1n) is 13.2. The number of benzene rings is 2. The number of carbonyl (C=O) groups excluding carboxylic acids is 2. The molecule has 2 heterocycles. The summed E-state index contributed by atoms with van der Waals surface area (Å²) in [6, 6.07) is 11.6. The fourth-order valence-electron chi connectivity index (χ4n) is 4.62. The predicted octanol–water partition coefficient (Wildman–Crippen LogP) is 5.28. The molecule has 40 heavy (non-hydrogen) atoms. The molecule has 2 aromatic rings. The maximum Gasteiger partial charge on any atom is 0.342 e. The van der Waals surface area contributed by atoms with Crippen molar-refractivity contribution < 1.29 is 43.1 Å². The molecule has 0 aromatic heterocycles. The van der Waals surface area contributed by atoms with Crippen LogP contribution in [0, 0.1) is 5.92 Å². The molecule has 0 bridgehead atoms. The normalized spacial score (nSPS) is 27.0. The lowest BCUT2D eigenvalue weighted by Gasteiger charge is -2.25. The van der Waals surface area contributed by atoms with Gasteiger partial charge in [0.2, 0.25) is 0 Å². The summed E-state index contributed by atoms with van der Waals surface area (Å²) in [6.45, 7) is 7.16. The van der Waals surface area contributed by atoms with Crippen LogP contribution >= 0.6 is 0 Å². The Hall–Kier alpha value is -3.66. The van der Waals surface area contributed by atoms with E-state index in [0.717, 1.165) is 0 Å². The number of carbonyl (C=O) groups is 2. The van der Waals surface area contributed by atoms with Gasteiger partial charge < -0.3 is 33.5 Å². The summed E-state index contributed by atoms with van der Waals surface area (Å²) in [5, 5.41) is 10.3. The first kappa shape index (κ1) is 29.3. The summed E-state index contributed by atoms with van der Waals surface area (Å²) < 4.78 is 34.8. The van der Waals surface area contributed by atoms with Crippen LogP contribution in [0.15, 0.2) is 60.7 Å². The quantitative estimate of drug-likeness (QED) is 0.301. The van der Waals surface area contributed by atoms with Crippen LogP contribution in [0.3, 0.4) is 0 Å². The van der Waals surface area contributed by atoms with Crippen molar-refractivity contribution in [2.24, 2.45) is 5.92 Å². The number of methoxy groups -OCH3 is 1. The number of phenolic OH excluding ortho intramolecular Hbond substituents is 1. The number of aromatic hydroxyl groups is 1. The average molecular weight is 553 g/mol. The fourth-order valence-corrected chi connectivity index (χ4v) is 4.62. The maximum absolute atomic E-state index is 13.4. The van der Waals surface area contributed by atoms with Crippen molar-refractivity contribution in [1.29, 1.82) is 0 Å². The van der Waals surface area contributed by atoms with Crippen molar-refractivity contribution in [3.05, 3.63) is 77.4 Å². The van der Waals surface area contributed by atoms with E-state index in [-0.39, 0.29) is 29.8 Å². The zero-order valence-electron chi connectivity index (χ0n) is 23.4. The second-order valence-electron chi connectivity index (χ2n) is 10.3. The van der Waals surface area contributed by atoms with E-state index in [1.165, 1.54) is 19.2 Å². The molecular formula is C31H36O9. The van der Waals surface area contributed by atoms with Crippen LogP contribution in [0.5, 0.6) is 11.5 Å². The van der Waals surface area contributed by atoms with Crippen molar-refractivity contribution >= 4 is 18.0 Å². The van der Waals surface area contributed by atoms with Gasteiger partial charge in [0.1, 0.15) is 35.4 Å². The number of hydrogen-bond acceptors (Lipinski definition) is 9. The van der Waals surface area contributed by atoms with Crippen molar-refractivity contribution in [3.63, 3.8) is 0 Å². The van der Waals surface area contributed by atoms with Crippen molar-refractivity contribution in [2.45, 2.75) is 64.3 Å². The van der Waals surface area contributed by atoms with E-state index in [0.29, 0.717) is 17.5 Å². The Kier molecular flexibility index (Phi) is 9.29. The van der Waals surface area contributed by atoms with Crippen molar-refractivity contribution in [2.75, 3.05) is 13.9 Å². The van der Waals surface area contributed by atoms with E-state index in [2.05, 4.69) is 0 Å². The van der Waals surface area contributed by atoms with Gasteiger partial charge in [-0.3, -0.25) is 0 Å². The fraction of sp³-hybridized carbons (Fsp3) is 0.419. The summed E-state index contributed by atoms with van der Waals surface area (Å²) in [4.78, 5) is 26.4. The second-order valence-corrected chi connectivity index (χ2v) is 10.3. The van der Waals surface area contributed by atoms with Crippen LogP contribution in [0.25, 0.3) is 6.08 Å². The standard InChI is InChI=1S/C31H36O9/c1-19-14-15-24(38-29(33)21-10-7-6-8-11-21)28-25(39-31(3,4)40-28)13-9-12-22-16-23(32)17-26(36-18-35-5)27(22)30(34)37-20(19)2/h6-12,14-17,19-20,24-25,28,32H,13,18H2,1-5H3/b12-9?,15-14-/t19-,20+,24+,25+,28-/m1/s1. The molecule has 2 aliphatic rings. The Morgan fingerprint density at radius 3 is 2.58 bits per heavy atom. The second kappa shape index (κ2) is 12.7. The van der Waals surface area contributed by atoms with Crippen molar-refractivity contribution in [1.82, 2.24) is 0 Å². The lowest BCUT2D eigenvalue weighted by atomic mass is 9.98. The molecule has 0 aliphatic carbocycles. The molecule has 0 radical (unpaired) electrons. The van der Waals surface area contributed by atoms with Crippen LogP contribution in [0.1, 0.15) is 60.4 Å². The minimum absolute atomic E-state index is 0.0832. The lowest BCUT2D eigenvalue weighted by Crippen LogP contribution is -2.37. The Bertz CT molecular complexity index is 1250. The Morgan fingerprint density at radius 2 is 1.85 bits per heavy atom. The monoisotopic (exact) mass is 552 g/mol. The smallest absolute Gasteiger partial charge is 0.342 e. The number of hydrogen-bond donors (Lipinski definition) is 1. The highest BCUT2D eigenvalue weighted by molar-refractivity contribution is 5.97. The zero-order valence-corrected chi connectivity index (χ0v) is 23.4. The van der Waals surface area contributed by atoms with Gasteiger partial charge in [0.15, 0.2) is 12.6 Å². The highest BCUT2D eigenvalue weighted by Gasteiger charge is 2.45. The number of ether oxygens (including phenoxy) is 6. The van der Waals surface area contributed by atoms with Gasteiger partial charge in [-0.1, -0.05) is 43.4 Å². The molecule has 0 saturated carbocycles. The molecule has 5 atom stereocenters. The number of esters is 2. The highest BCUT2D eigenvalue weighted by Crippen LogP contribution is 2.35. The Morgan fingerprint density at radius 1 is 1.10 bits per heavy atom. The topological polar surface area (TPSA) is 110 Å². The molecule has 0 spiro atoms. The van der Waals surface area contributed by atoms with Gasteiger partial charge in [0.25, 0.3) is 0 Å². The summed E-state index contributed by atoms with van der Waals surface area (Å²) in [5.74, 6) is -2.21. The average Bonchev–Trinajstić information content (AvgIpc) is 3.22. The molecule has 4 rings (SSSR count). The number of fused-ring (bicyclic) bond motifs is 2. The Labute approximate surface area is 234 Å². The highest BCUT2D eigenvalue weighted by atomic mass is 16.8. The van der Waals surface area contributed by atoms with E-state index >= 15 is 0 Å². The first-order chi connectivity index (χ1) is 19.1. The van der Waals surface area contributed by atoms with Crippen LogP contribution in [0.2, 0.25) is 0 Å². The number of phenols is 1. The van der Waals surface area contributed by atoms with Gasteiger partial charge in [-0.25, -0.2) is 9.59 Å². The molecule has 9 nitrogen and oxygen atoms in total. The molecule has 0 amide bonds. The summed E-state index contributed by atoms with van der Waals surface area (Å²) >= 11 is 0. The molecular weight excluding hydrogens is 516 g/mol. The molecule has 214 valence electrons. The molecule has 0 unspecified atom stereocenters. The summed E-state index contributed by atoms with van der Waals surface area (Å²) in [5.41, 5.74) is 0.995. The largest absolute Gasteiger partial charge is 0.508 e. The lowest BCUT2D eigenvalue weighted by molar-refractivity contribution is -0.152. The SMILES string of the molecule is COCOc1cc(O)cc2c1C(=O)O[C@@H](C)[C@H](C)/C=C\[C@H](OC(=O)c1ccccc1)[C@H]1OC(C)(C)O[C@H]1CC=C2. The van der Waals surface area contributed by atoms with Gasteiger partial charge in [-0.05, 0) is 57.0 Å². The van der Waals surface area contributed by atoms with Gasteiger partial charge in [-0.15, -0.1) is 0 Å². The third-order valence-electron chi connectivity index (χ3n) is 6.76. The minimum atomic E-state index is -0.919. The molecule has 2 aliphatic heterocycles. The summed E-state index contributed by atoms with van der Waals surface area (Å²) in [6.07, 6.45) is 5.08. The molecule has 1 fully saturated rings. The van der Waals surface area contributed by atoms with E-state index in [1.807, 2.05) is 39.0 Å². The maximum atomic E-state index is 13.4. The minimum Gasteiger partial charge on any atom is -0.508 e.